The molecule has 0 bridgehead atoms. The maximum Gasteiger partial charge on any atom is 0.243 e. The zero-order valence-electron chi connectivity index (χ0n) is 11.2. The number of carbonyl (C=O) groups is 1. The number of carbonyl (C=O) groups excluding carboxylic acids is 1. The average Bonchev–Trinajstić information content (AvgIpc) is 2.91. The van der Waals surface area contributed by atoms with Crippen molar-refractivity contribution >= 4 is 29.1 Å². The second-order valence-electron chi connectivity index (χ2n) is 4.58. The largest absolute Gasteiger partial charge is 0.348 e. The zero-order chi connectivity index (χ0) is 14.7. The first-order chi connectivity index (χ1) is 9.49. The highest BCUT2D eigenvalue weighted by Crippen LogP contribution is 2.26. The van der Waals surface area contributed by atoms with Crippen molar-refractivity contribution in [2.75, 3.05) is 0 Å². The first-order valence-electron chi connectivity index (χ1n) is 6.22. The van der Waals surface area contributed by atoms with Crippen LogP contribution < -0.4 is 5.32 Å². The number of hydrogen-bond acceptors (Lipinski definition) is 2. The fraction of sp³-hybridized carbons (Fsp3) is 0.286. The Morgan fingerprint density at radius 3 is 2.70 bits per heavy atom. The van der Waals surface area contributed by atoms with Gasteiger partial charge in [-0.2, -0.15) is 0 Å². The van der Waals surface area contributed by atoms with Gasteiger partial charge in [0.25, 0.3) is 0 Å². The smallest absolute Gasteiger partial charge is 0.243 e. The van der Waals surface area contributed by atoms with Gasteiger partial charge in [-0.25, -0.2) is 4.98 Å². The molecule has 1 heterocycles. The van der Waals surface area contributed by atoms with E-state index in [2.05, 4.69) is 10.3 Å². The van der Waals surface area contributed by atoms with Gasteiger partial charge in [0.2, 0.25) is 5.91 Å². The van der Waals surface area contributed by atoms with E-state index in [1.807, 2.05) is 19.9 Å². The minimum absolute atomic E-state index is 0.0958. The Morgan fingerprint density at radius 2 is 2.10 bits per heavy atom. The number of hydrogen-bond donors (Lipinski definition) is 1. The summed E-state index contributed by atoms with van der Waals surface area (Å²) in [5.41, 5.74) is 0.835. The van der Waals surface area contributed by atoms with E-state index < -0.39 is 0 Å². The number of nitrogens with zero attached hydrogens (tertiary/aromatic N) is 2. The van der Waals surface area contributed by atoms with Gasteiger partial charge in [0.05, 0.1) is 12.4 Å². The molecule has 106 valence electrons. The van der Waals surface area contributed by atoms with Crippen molar-refractivity contribution in [3.05, 3.63) is 52.5 Å². The summed E-state index contributed by atoms with van der Waals surface area (Å²) in [6.45, 7) is 3.70. The summed E-state index contributed by atoms with van der Waals surface area (Å²) in [7, 11) is 0. The molecule has 0 saturated heterocycles. The Hall–Kier alpha value is -1.52. The van der Waals surface area contributed by atoms with E-state index in [1.54, 1.807) is 35.4 Å². The lowest BCUT2D eigenvalue weighted by atomic mass is 10.1. The molecule has 0 aliphatic carbocycles. The molecule has 1 amide bonds. The number of halogens is 2. The molecule has 0 fully saturated rings. The van der Waals surface area contributed by atoms with Crippen molar-refractivity contribution in [3.8, 4) is 0 Å². The maximum atomic E-state index is 12.2. The molecule has 4 nitrogen and oxygen atoms in total. The Kier molecular flexibility index (Phi) is 4.68. The van der Waals surface area contributed by atoms with Crippen LogP contribution in [0, 0.1) is 0 Å². The summed E-state index contributed by atoms with van der Waals surface area (Å²) in [4.78, 5) is 16.1. The van der Waals surface area contributed by atoms with E-state index in [4.69, 9.17) is 23.2 Å². The second-order valence-corrected chi connectivity index (χ2v) is 5.43. The summed E-state index contributed by atoms with van der Waals surface area (Å²) in [6, 6.07) is 4.71. The van der Waals surface area contributed by atoms with Crippen LogP contribution in [-0.2, 0) is 4.79 Å². The van der Waals surface area contributed by atoms with Gasteiger partial charge in [0.1, 0.15) is 6.04 Å². The van der Waals surface area contributed by atoms with Gasteiger partial charge >= 0.3 is 0 Å². The molecule has 2 atom stereocenters. The van der Waals surface area contributed by atoms with E-state index >= 15 is 0 Å². The molecule has 20 heavy (non-hydrogen) atoms. The average molecular weight is 312 g/mol. The van der Waals surface area contributed by atoms with E-state index in [1.165, 1.54) is 0 Å². The van der Waals surface area contributed by atoms with Crippen LogP contribution in [0.25, 0.3) is 0 Å². The molecular weight excluding hydrogens is 297 g/mol. The van der Waals surface area contributed by atoms with Gasteiger partial charge in [0, 0.05) is 22.4 Å². The van der Waals surface area contributed by atoms with Crippen molar-refractivity contribution in [2.24, 2.45) is 0 Å². The van der Waals surface area contributed by atoms with Crippen molar-refractivity contribution in [3.63, 3.8) is 0 Å². The summed E-state index contributed by atoms with van der Waals surface area (Å²) in [6.07, 6.45) is 5.01. The van der Waals surface area contributed by atoms with Crippen LogP contribution in [0.15, 0.2) is 36.9 Å². The third-order valence-corrected chi connectivity index (χ3v) is 3.70. The number of amides is 1. The van der Waals surface area contributed by atoms with Crippen molar-refractivity contribution in [1.82, 2.24) is 14.9 Å². The summed E-state index contributed by atoms with van der Waals surface area (Å²) < 4.78 is 1.74. The van der Waals surface area contributed by atoms with Crippen LogP contribution in [0.1, 0.15) is 31.5 Å². The molecule has 0 spiro atoms. The monoisotopic (exact) mass is 311 g/mol. The first-order valence-corrected chi connectivity index (χ1v) is 6.97. The molecule has 6 heteroatoms. The number of aromatic nitrogens is 2. The zero-order valence-corrected chi connectivity index (χ0v) is 12.7. The fourth-order valence-electron chi connectivity index (χ4n) is 1.90. The van der Waals surface area contributed by atoms with Crippen LogP contribution in [0.3, 0.4) is 0 Å². The predicted molar refractivity (Wildman–Crippen MR) is 80.0 cm³/mol. The highest BCUT2D eigenvalue weighted by atomic mass is 35.5. The third-order valence-electron chi connectivity index (χ3n) is 3.14. The molecule has 0 saturated carbocycles. The Morgan fingerprint density at radius 1 is 1.35 bits per heavy atom. The Bertz CT molecular complexity index is 598. The molecule has 2 aromatic rings. The van der Waals surface area contributed by atoms with Crippen LogP contribution >= 0.6 is 23.2 Å². The number of benzene rings is 1. The second kappa shape index (κ2) is 6.29. The summed E-state index contributed by atoms with van der Waals surface area (Å²) in [5, 5.41) is 4.04. The highest BCUT2D eigenvalue weighted by molar-refractivity contribution is 6.35. The summed E-state index contributed by atoms with van der Waals surface area (Å²) >= 11 is 12.0. The van der Waals surface area contributed by atoms with Crippen LogP contribution in [0.5, 0.6) is 0 Å². The van der Waals surface area contributed by atoms with Crippen molar-refractivity contribution in [1.29, 1.82) is 0 Å². The minimum atomic E-state index is -0.328. The SMILES string of the molecule is CC(NC(=O)C(C)n1ccnc1)c1ccc(Cl)cc1Cl. The van der Waals surface area contributed by atoms with E-state index in [0.29, 0.717) is 10.0 Å². The predicted octanol–water partition coefficient (Wildman–Crippen LogP) is 3.63. The molecular formula is C14H15Cl2N3O. The standard InChI is InChI=1S/C14H15Cl2N3O/c1-9(12-4-3-11(15)7-13(12)16)18-14(20)10(2)19-6-5-17-8-19/h3-10H,1-2H3,(H,18,20). The van der Waals surface area contributed by atoms with Gasteiger partial charge in [0.15, 0.2) is 0 Å². The lowest BCUT2D eigenvalue weighted by molar-refractivity contribution is -0.124. The van der Waals surface area contributed by atoms with Gasteiger partial charge in [-0.3, -0.25) is 4.79 Å². The topological polar surface area (TPSA) is 46.9 Å². The van der Waals surface area contributed by atoms with Crippen LogP contribution in [-0.4, -0.2) is 15.5 Å². The molecule has 1 aromatic carbocycles. The molecule has 0 radical (unpaired) electrons. The van der Waals surface area contributed by atoms with Gasteiger partial charge < -0.3 is 9.88 Å². The van der Waals surface area contributed by atoms with E-state index in [9.17, 15) is 4.79 Å². The molecule has 1 N–H and O–H groups in total. The van der Waals surface area contributed by atoms with Gasteiger partial charge in [-0.05, 0) is 31.5 Å². The minimum Gasteiger partial charge on any atom is -0.348 e. The molecule has 0 aliphatic heterocycles. The first kappa shape index (κ1) is 14.9. The van der Waals surface area contributed by atoms with Crippen molar-refractivity contribution in [2.45, 2.75) is 25.9 Å². The van der Waals surface area contributed by atoms with Crippen molar-refractivity contribution < 1.29 is 4.79 Å². The Balaban J connectivity index is 2.07. The maximum absolute atomic E-state index is 12.2. The molecule has 2 rings (SSSR count). The quantitative estimate of drug-likeness (QED) is 0.937. The van der Waals surface area contributed by atoms with Gasteiger partial charge in [-0.1, -0.05) is 29.3 Å². The Labute approximate surface area is 127 Å². The van der Waals surface area contributed by atoms with E-state index in [0.717, 1.165) is 5.56 Å². The lowest BCUT2D eigenvalue weighted by Crippen LogP contribution is -2.32. The number of rotatable bonds is 4. The lowest BCUT2D eigenvalue weighted by Gasteiger charge is -2.19. The van der Waals surface area contributed by atoms with E-state index in [-0.39, 0.29) is 18.0 Å². The highest BCUT2D eigenvalue weighted by Gasteiger charge is 2.18. The number of imidazole rings is 1. The normalized spacial score (nSPS) is 13.8. The van der Waals surface area contributed by atoms with Crippen LogP contribution in [0.4, 0.5) is 0 Å². The third kappa shape index (κ3) is 3.32. The fourth-order valence-corrected chi connectivity index (χ4v) is 2.47. The number of nitrogens with one attached hydrogen (secondary N) is 1. The summed E-state index contributed by atoms with van der Waals surface area (Å²) in [5.74, 6) is -0.0958. The molecule has 1 aromatic heterocycles. The molecule has 2 unspecified atom stereocenters. The van der Waals surface area contributed by atoms with Crippen LogP contribution in [0.2, 0.25) is 10.0 Å². The van der Waals surface area contributed by atoms with Gasteiger partial charge in [-0.15, -0.1) is 0 Å². The molecule has 0 aliphatic rings.